The maximum atomic E-state index is 12.9. The fraction of sp³-hybridized carbons (Fsp3) is 0.366. The van der Waals surface area contributed by atoms with Crippen LogP contribution in [-0.2, 0) is 35.5 Å². The molecule has 0 spiro atoms. The number of aromatic nitrogens is 3. The van der Waals surface area contributed by atoms with Crippen LogP contribution in [0.3, 0.4) is 0 Å². The molecule has 5 aromatic rings. The summed E-state index contributed by atoms with van der Waals surface area (Å²) < 4.78 is 32.5. The average molecular weight is 700 g/mol. The lowest BCUT2D eigenvalue weighted by Crippen LogP contribution is -2.31. The number of ether oxygens (including phenoxy) is 5. The first kappa shape index (κ1) is 33.7. The van der Waals surface area contributed by atoms with Crippen molar-refractivity contribution in [3.8, 4) is 34.7 Å². The van der Waals surface area contributed by atoms with E-state index in [4.69, 9.17) is 33.7 Å². The van der Waals surface area contributed by atoms with E-state index in [1.54, 1.807) is 6.07 Å². The van der Waals surface area contributed by atoms with Gasteiger partial charge in [0.2, 0.25) is 5.88 Å². The topological polar surface area (TPSA) is 121 Å². The van der Waals surface area contributed by atoms with E-state index in [1.807, 2.05) is 48.5 Å². The van der Waals surface area contributed by atoms with Gasteiger partial charge in [-0.2, -0.15) is 5.26 Å². The van der Waals surface area contributed by atoms with Crippen molar-refractivity contribution in [1.29, 1.82) is 5.26 Å². The zero-order valence-electron chi connectivity index (χ0n) is 29.5. The highest BCUT2D eigenvalue weighted by Gasteiger charge is 2.28. The molecular weight excluding hydrogens is 658 g/mol. The van der Waals surface area contributed by atoms with Gasteiger partial charge in [-0.05, 0) is 80.3 Å². The summed E-state index contributed by atoms with van der Waals surface area (Å²) in [4.78, 5) is 25.2. The Balaban J connectivity index is 1.18. The van der Waals surface area contributed by atoms with E-state index in [1.165, 1.54) is 7.11 Å². The van der Waals surface area contributed by atoms with Crippen molar-refractivity contribution in [3.05, 3.63) is 100 Å². The maximum Gasteiger partial charge on any atom is 0.338 e. The van der Waals surface area contributed by atoms with Gasteiger partial charge in [0.25, 0.3) is 0 Å². The second-order valence-electron chi connectivity index (χ2n) is 13.7. The molecule has 0 amide bonds. The number of aryl methyl sites for hydroxylation is 1. The third kappa shape index (κ3) is 7.04. The second-order valence-corrected chi connectivity index (χ2v) is 13.7. The Labute approximate surface area is 302 Å². The summed E-state index contributed by atoms with van der Waals surface area (Å²) in [6.45, 7) is 3.91. The summed E-state index contributed by atoms with van der Waals surface area (Å²) in [5.41, 5.74) is 7.29. The number of likely N-dealkylation sites (tertiary alicyclic amines) is 1. The van der Waals surface area contributed by atoms with Gasteiger partial charge >= 0.3 is 5.97 Å². The number of hydrogen-bond acceptors (Lipinski definition) is 10. The predicted octanol–water partition coefficient (Wildman–Crippen LogP) is 6.12. The molecule has 11 heteroatoms. The molecule has 266 valence electrons. The molecule has 0 radical (unpaired) electrons. The minimum Gasteiger partial charge on any atom is -0.493 e. The highest BCUT2D eigenvalue weighted by Crippen LogP contribution is 2.35. The van der Waals surface area contributed by atoms with Crippen LogP contribution in [-0.4, -0.2) is 78.1 Å². The molecule has 0 N–H and O–H groups in total. The second kappa shape index (κ2) is 14.7. The first-order valence-electron chi connectivity index (χ1n) is 17.9. The van der Waals surface area contributed by atoms with Crippen LogP contribution < -0.4 is 14.2 Å². The predicted molar refractivity (Wildman–Crippen MR) is 194 cm³/mol. The number of benzene rings is 3. The Morgan fingerprint density at radius 1 is 1.02 bits per heavy atom. The number of carbonyl (C=O) groups is 1. The molecule has 2 saturated heterocycles. The average Bonchev–Trinajstić information content (AvgIpc) is 3.72. The van der Waals surface area contributed by atoms with Crippen LogP contribution in [0.25, 0.3) is 22.3 Å². The first-order valence-corrected chi connectivity index (χ1v) is 17.9. The third-order valence-corrected chi connectivity index (χ3v) is 10.1. The van der Waals surface area contributed by atoms with Crippen molar-refractivity contribution >= 4 is 17.0 Å². The smallest absolute Gasteiger partial charge is 0.338 e. The minimum absolute atomic E-state index is 0.00600. The Morgan fingerprint density at radius 3 is 2.71 bits per heavy atom. The maximum absolute atomic E-state index is 12.9. The third-order valence-electron chi connectivity index (χ3n) is 10.1. The quantitative estimate of drug-likeness (QED) is 0.184. The molecule has 3 aliphatic rings. The van der Waals surface area contributed by atoms with Gasteiger partial charge in [-0.1, -0.05) is 24.3 Å². The number of nitrogens with zero attached hydrogens (tertiary/aromatic N) is 5. The summed E-state index contributed by atoms with van der Waals surface area (Å²) in [6.07, 6.45) is 3.84. The van der Waals surface area contributed by atoms with Gasteiger partial charge in [-0.3, -0.25) is 0 Å². The van der Waals surface area contributed by atoms with Crippen molar-refractivity contribution in [3.63, 3.8) is 0 Å². The number of imidazole rings is 1. The standard InChI is InChI=1S/C41H41N5O6/c1-45-14-12-33(23-45)52-37-20-31(41(47)48-2)18-35-40(37)44-38(46(35)24-32-13-16-49-32)21-29-11-10-28-19-36(29)50-15-4-5-27-17-26(22-42)8-9-30(27)25-51-39-7-3-6-34(28)43-39/h3,6-11,17-20,32-33H,4-5,12-16,21,23-25H2,1-2H3/t32-,33?/m0/s1. The lowest BCUT2D eigenvalue weighted by molar-refractivity contribution is -0.0589. The van der Waals surface area contributed by atoms with Gasteiger partial charge in [0, 0.05) is 43.3 Å². The molecule has 2 aromatic heterocycles. The molecule has 52 heavy (non-hydrogen) atoms. The number of pyridine rings is 1. The Hall–Kier alpha value is -5.44. The number of nitriles is 1. The zero-order chi connectivity index (χ0) is 35.6. The van der Waals surface area contributed by atoms with Crippen molar-refractivity contribution in [2.24, 2.45) is 0 Å². The van der Waals surface area contributed by atoms with E-state index < -0.39 is 5.97 Å². The van der Waals surface area contributed by atoms with E-state index in [2.05, 4.69) is 34.7 Å². The highest BCUT2D eigenvalue weighted by atomic mass is 16.5. The van der Waals surface area contributed by atoms with Gasteiger partial charge in [0.1, 0.15) is 35.6 Å². The fourth-order valence-electron chi connectivity index (χ4n) is 7.19. The molecule has 4 bridgehead atoms. The fourth-order valence-corrected chi connectivity index (χ4v) is 7.19. The number of rotatable bonds is 7. The van der Waals surface area contributed by atoms with Gasteiger partial charge in [0.05, 0.1) is 54.8 Å². The first-order chi connectivity index (χ1) is 25.4. The van der Waals surface area contributed by atoms with E-state index in [9.17, 15) is 10.1 Å². The number of methoxy groups -OCH3 is 1. The lowest BCUT2D eigenvalue weighted by atomic mass is 10.0. The summed E-state index contributed by atoms with van der Waals surface area (Å²) in [7, 11) is 3.47. The zero-order valence-corrected chi connectivity index (χ0v) is 29.5. The number of carbonyl (C=O) groups excluding carboxylic acids is 1. The Kier molecular flexibility index (Phi) is 9.50. The van der Waals surface area contributed by atoms with Crippen LogP contribution in [0.15, 0.2) is 66.7 Å². The van der Waals surface area contributed by atoms with E-state index in [-0.39, 0.29) is 12.2 Å². The van der Waals surface area contributed by atoms with Crippen molar-refractivity contribution in [2.75, 3.05) is 40.5 Å². The molecule has 1 unspecified atom stereocenters. The largest absolute Gasteiger partial charge is 0.493 e. The van der Waals surface area contributed by atoms with Crippen LogP contribution in [0.2, 0.25) is 0 Å². The summed E-state index contributed by atoms with van der Waals surface area (Å²) in [5.74, 6) is 2.24. The van der Waals surface area contributed by atoms with Crippen LogP contribution in [0.5, 0.6) is 17.4 Å². The van der Waals surface area contributed by atoms with Crippen LogP contribution in [0.4, 0.5) is 0 Å². The monoisotopic (exact) mass is 699 g/mol. The number of esters is 1. The Bertz CT molecular complexity index is 2170. The van der Waals surface area contributed by atoms with E-state index >= 15 is 0 Å². The summed E-state index contributed by atoms with van der Waals surface area (Å²) in [6, 6.07) is 23.5. The van der Waals surface area contributed by atoms with Crippen molar-refractivity contribution < 1.29 is 28.5 Å². The van der Waals surface area contributed by atoms with Gasteiger partial charge < -0.3 is 33.2 Å². The molecule has 3 aliphatic heterocycles. The van der Waals surface area contributed by atoms with E-state index in [0.29, 0.717) is 54.5 Å². The molecule has 0 aliphatic carbocycles. The van der Waals surface area contributed by atoms with Crippen LogP contribution >= 0.6 is 0 Å². The summed E-state index contributed by atoms with van der Waals surface area (Å²) in [5, 5.41) is 9.55. The number of hydrogen-bond donors (Lipinski definition) is 0. The van der Waals surface area contributed by atoms with Gasteiger partial charge in [-0.25, -0.2) is 14.8 Å². The lowest BCUT2D eigenvalue weighted by Gasteiger charge is -2.27. The van der Waals surface area contributed by atoms with Crippen molar-refractivity contribution in [2.45, 2.75) is 57.5 Å². The van der Waals surface area contributed by atoms with Crippen LogP contribution in [0, 0.1) is 11.3 Å². The molecule has 5 heterocycles. The molecule has 2 fully saturated rings. The number of fused-ring (bicyclic) bond motifs is 7. The summed E-state index contributed by atoms with van der Waals surface area (Å²) >= 11 is 0. The van der Waals surface area contributed by atoms with E-state index in [0.717, 1.165) is 90.4 Å². The highest BCUT2D eigenvalue weighted by molar-refractivity contribution is 5.96. The van der Waals surface area contributed by atoms with Crippen LogP contribution in [0.1, 0.15) is 57.7 Å². The SMILES string of the molecule is COC(=O)c1cc(OC2CCN(C)C2)c2nc(Cc3ccc4cc3OCCCc3cc(C#N)ccc3COc3cccc-4n3)n(C[C@@H]3CCO3)c2c1. The van der Waals surface area contributed by atoms with Crippen molar-refractivity contribution in [1.82, 2.24) is 19.4 Å². The Morgan fingerprint density at radius 2 is 1.92 bits per heavy atom. The molecule has 0 saturated carbocycles. The van der Waals surface area contributed by atoms with Gasteiger partial charge in [-0.15, -0.1) is 0 Å². The minimum atomic E-state index is -0.426. The number of likely N-dealkylation sites (N-methyl/N-ethyl adjacent to an activating group) is 1. The van der Waals surface area contributed by atoms with Gasteiger partial charge in [0.15, 0.2) is 0 Å². The molecule has 11 nitrogen and oxygen atoms in total. The normalized spacial score (nSPS) is 18.6. The molecule has 8 rings (SSSR count). The molecule has 3 aromatic carbocycles. The molecule has 2 atom stereocenters. The molecular formula is C41H41N5O6.